The number of rotatable bonds is 3. The first kappa shape index (κ1) is 18.0. The number of carbonyl (C=O) groups is 3. The van der Waals surface area contributed by atoms with Crippen molar-refractivity contribution in [2.45, 2.75) is 6.92 Å². The van der Waals surface area contributed by atoms with Crippen LogP contribution in [0.4, 0.5) is 5.69 Å². The van der Waals surface area contributed by atoms with E-state index < -0.39 is 17.7 Å². The molecule has 0 saturated carbocycles. The van der Waals surface area contributed by atoms with E-state index in [1.807, 2.05) is 43.3 Å². The van der Waals surface area contributed by atoms with E-state index in [1.54, 1.807) is 30.3 Å². The Labute approximate surface area is 172 Å². The van der Waals surface area contributed by atoms with Crippen LogP contribution in [0.3, 0.4) is 0 Å². The molecule has 0 fully saturated rings. The van der Waals surface area contributed by atoms with Gasteiger partial charge in [0.1, 0.15) is 6.54 Å². The van der Waals surface area contributed by atoms with E-state index in [0.29, 0.717) is 16.8 Å². The maximum absolute atomic E-state index is 12.8. The number of amides is 3. The molecule has 1 aliphatic rings. The molecule has 1 aliphatic heterocycles. The Morgan fingerprint density at radius 1 is 0.900 bits per heavy atom. The lowest BCUT2D eigenvalue weighted by Crippen LogP contribution is -2.37. The van der Waals surface area contributed by atoms with Crippen LogP contribution in [0.5, 0.6) is 0 Å². The van der Waals surface area contributed by atoms with E-state index in [2.05, 4.69) is 10.3 Å². The predicted octanol–water partition coefficient (Wildman–Crippen LogP) is 3.93. The van der Waals surface area contributed by atoms with Crippen LogP contribution >= 0.6 is 0 Å². The van der Waals surface area contributed by atoms with Crippen LogP contribution in [0, 0.1) is 6.92 Å². The fraction of sp³-hybridized carbons (Fsp3) is 0.0833. The minimum absolute atomic E-state index is 0.326. The Balaban J connectivity index is 1.46. The van der Waals surface area contributed by atoms with Crippen molar-refractivity contribution < 1.29 is 14.4 Å². The number of aryl methyl sites for hydroxylation is 1. The van der Waals surface area contributed by atoms with Crippen molar-refractivity contribution in [3.63, 3.8) is 0 Å². The first-order valence-electron chi connectivity index (χ1n) is 9.57. The monoisotopic (exact) mass is 395 g/mol. The zero-order valence-electron chi connectivity index (χ0n) is 16.2. The molecule has 4 aromatic rings. The van der Waals surface area contributed by atoms with Crippen molar-refractivity contribution in [1.29, 1.82) is 0 Å². The van der Waals surface area contributed by atoms with Crippen LogP contribution in [0.15, 0.2) is 66.7 Å². The molecule has 6 heteroatoms. The van der Waals surface area contributed by atoms with E-state index in [1.165, 1.54) is 0 Å². The van der Waals surface area contributed by atoms with Gasteiger partial charge in [-0.05, 0) is 30.5 Å². The predicted molar refractivity (Wildman–Crippen MR) is 114 cm³/mol. The highest BCUT2D eigenvalue weighted by atomic mass is 16.2. The number of imide groups is 1. The molecule has 6 nitrogen and oxygen atoms in total. The molecule has 0 aliphatic carbocycles. The minimum atomic E-state index is -0.451. The second-order valence-electron chi connectivity index (χ2n) is 7.28. The molecule has 30 heavy (non-hydrogen) atoms. The van der Waals surface area contributed by atoms with Crippen LogP contribution in [-0.2, 0) is 4.79 Å². The largest absolute Gasteiger partial charge is 0.324 e. The van der Waals surface area contributed by atoms with E-state index in [4.69, 9.17) is 0 Å². The van der Waals surface area contributed by atoms with Gasteiger partial charge in [-0.25, -0.2) is 0 Å². The number of anilines is 1. The minimum Gasteiger partial charge on any atom is -0.324 e. The average Bonchev–Trinajstić information content (AvgIpc) is 2.98. The third kappa shape index (κ3) is 2.81. The summed E-state index contributed by atoms with van der Waals surface area (Å²) in [5, 5.41) is 5.72. The number of aromatic nitrogens is 1. The molecule has 0 bridgehead atoms. The number of hydrogen-bond donors (Lipinski definition) is 1. The molecule has 5 rings (SSSR count). The Bertz CT molecular complexity index is 1340. The lowest BCUT2D eigenvalue weighted by Gasteiger charge is -2.15. The number of pyridine rings is 1. The summed E-state index contributed by atoms with van der Waals surface area (Å²) in [6.45, 7) is 1.52. The first-order valence-corrected chi connectivity index (χ1v) is 9.57. The number of nitrogens with one attached hydrogen (secondary N) is 1. The Morgan fingerprint density at radius 3 is 2.30 bits per heavy atom. The summed E-state index contributed by atoms with van der Waals surface area (Å²) in [6, 6.07) is 20.2. The van der Waals surface area contributed by atoms with Crippen LogP contribution in [0.2, 0.25) is 0 Å². The highest BCUT2D eigenvalue weighted by Gasteiger charge is 2.36. The molecule has 1 N–H and O–H groups in total. The summed E-state index contributed by atoms with van der Waals surface area (Å²) in [5.74, 6) is -1.34. The fourth-order valence-corrected chi connectivity index (χ4v) is 3.91. The maximum Gasteiger partial charge on any atom is 0.262 e. The van der Waals surface area contributed by atoms with Gasteiger partial charge in [0.05, 0.1) is 22.3 Å². The molecule has 3 amide bonds. The zero-order valence-corrected chi connectivity index (χ0v) is 16.2. The van der Waals surface area contributed by atoms with Gasteiger partial charge in [-0.3, -0.25) is 24.3 Å². The van der Waals surface area contributed by atoms with E-state index in [0.717, 1.165) is 32.3 Å². The Hall–Kier alpha value is -4.06. The van der Waals surface area contributed by atoms with E-state index >= 15 is 0 Å². The second-order valence-corrected chi connectivity index (χ2v) is 7.28. The maximum atomic E-state index is 12.8. The standard InChI is InChI=1S/C24H17N3O3/c1-14-12-20(19-11-10-15-6-2-3-7-16(15)22(19)25-14)26-21(28)13-27-23(29)17-8-4-5-9-18(17)24(27)30/h2-12H,13H2,1H3,(H,25,26,28). The molecular weight excluding hydrogens is 378 g/mol. The lowest BCUT2D eigenvalue weighted by molar-refractivity contribution is -0.116. The molecule has 2 heterocycles. The number of nitrogens with zero attached hydrogens (tertiary/aromatic N) is 2. The molecule has 0 unspecified atom stereocenters. The number of carbonyl (C=O) groups excluding carboxylic acids is 3. The van der Waals surface area contributed by atoms with Gasteiger partial charge >= 0.3 is 0 Å². The van der Waals surface area contributed by atoms with Crippen molar-refractivity contribution >= 4 is 45.1 Å². The first-order chi connectivity index (χ1) is 14.5. The zero-order chi connectivity index (χ0) is 20.8. The van der Waals surface area contributed by atoms with Gasteiger partial charge in [-0.15, -0.1) is 0 Å². The third-order valence-electron chi connectivity index (χ3n) is 5.29. The summed E-state index contributed by atoms with van der Waals surface area (Å²) in [6.07, 6.45) is 0. The van der Waals surface area contributed by atoms with Gasteiger partial charge in [0.25, 0.3) is 11.8 Å². The second kappa shape index (κ2) is 6.77. The van der Waals surface area contributed by atoms with Gasteiger partial charge in [-0.2, -0.15) is 0 Å². The Morgan fingerprint density at radius 2 is 1.57 bits per heavy atom. The van der Waals surface area contributed by atoms with Crippen molar-refractivity contribution in [2.75, 3.05) is 11.9 Å². The van der Waals surface area contributed by atoms with Crippen molar-refractivity contribution in [1.82, 2.24) is 9.88 Å². The fourth-order valence-electron chi connectivity index (χ4n) is 3.91. The van der Waals surface area contributed by atoms with Crippen LogP contribution in [0.25, 0.3) is 21.7 Å². The highest BCUT2D eigenvalue weighted by Crippen LogP contribution is 2.30. The van der Waals surface area contributed by atoms with Crippen LogP contribution < -0.4 is 5.32 Å². The van der Waals surface area contributed by atoms with Gasteiger partial charge in [-0.1, -0.05) is 48.5 Å². The molecule has 1 aromatic heterocycles. The van der Waals surface area contributed by atoms with Crippen LogP contribution in [-0.4, -0.2) is 34.2 Å². The quantitative estimate of drug-likeness (QED) is 0.421. The van der Waals surface area contributed by atoms with E-state index in [9.17, 15) is 14.4 Å². The number of benzene rings is 3. The van der Waals surface area contributed by atoms with Crippen molar-refractivity contribution in [2.24, 2.45) is 0 Å². The summed E-state index contributed by atoms with van der Waals surface area (Å²) >= 11 is 0. The van der Waals surface area contributed by atoms with Crippen molar-refractivity contribution in [3.05, 3.63) is 83.6 Å². The summed E-state index contributed by atoms with van der Waals surface area (Å²) in [5.41, 5.74) is 2.81. The lowest BCUT2D eigenvalue weighted by atomic mass is 10.0. The summed E-state index contributed by atoms with van der Waals surface area (Å²) < 4.78 is 0. The smallest absolute Gasteiger partial charge is 0.262 e. The van der Waals surface area contributed by atoms with Gasteiger partial charge in [0.15, 0.2) is 0 Å². The van der Waals surface area contributed by atoms with E-state index in [-0.39, 0.29) is 6.54 Å². The highest BCUT2D eigenvalue weighted by molar-refractivity contribution is 6.23. The molecule has 0 saturated heterocycles. The van der Waals surface area contributed by atoms with Gasteiger partial charge in [0, 0.05) is 16.5 Å². The number of fused-ring (bicyclic) bond motifs is 4. The Kier molecular flexibility index (Phi) is 4.06. The van der Waals surface area contributed by atoms with Crippen LogP contribution in [0.1, 0.15) is 26.4 Å². The SMILES string of the molecule is Cc1cc(NC(=O)CN2C(=O)c3ccccc3C2=O)c2ccc3ccccc3c2n1. The third-order valence-corrected chi connectivity index (χ3v) is 5.29. The topological polar surface area (TPSA) is 79.4 Å². The molecule has 0 atom stereocenters. The number of hydrogen-bond acceptors (Lipinski definition) is 4. The molecule has 3 aromatic carbocycles. The molecule has 146 valence electrons. The summed E-state index contributed by atoms with van der Waals surface area (Å²) in [4.78, 5) is 43.4. The average molecular weight is 395 g/mol. The molecule has 0 spiro atoms. The van der Waals surface area contributed by atoms with Gasteiger partial charge < -0.3 is 5.32 Å². The van der Waals surface area contributed by atoms with Gasteiger partial charge in [0.2, 0.25) is 5.91 Å². The summed E-state index contributed by atoms with van der Waals surface area (Å²) in [7, 11) is 0. The molecule has 0 radical (unpaired) electrons. The normalized spacial score (nSPS) is 13.2. The van der Waals surface area contributed by atoms with Crippen molar-refractivity contribution in [3.8, 4) is 0 Å². The molecular formula is C24H17N3O3.